The van der Waals surface area contributed by atoms with E-state index in [-0.39, 0.29) is 0 Å². The van der Waals surface area contributed by atoms with Gasteiger partial charge in [0.2, 0.25) is 0 Å². The highest BCUT2D eigenvalue weighted by atomic mass is 14.0. The van der Waals surface area contributed by atoms with Gasteiger partial charge in [0, 0.05) is 0 Å². The van der Waals surface area contributed by atoms with E-state index in [0.717, 1.165) is 19.3 Å². The summed E-state index contributed by atoms with van der Waals surface area (Å²) >= 11 is 0. The van der Waals surface area contributed by atoms with Crippen molar-refractivity contribution < 1.29 is 0 Å². The summed E-state index contributed by atoms with van der Waals surface area (Å²) in [7, 11) is 0. The van der Waals surface area contributed by atoms with Gasteiger partial charge in [-0.3, -0.25) is 0 Å². The van der Waals surface area contributed by atoms with Crippen molar-refractivity contribution in [3.63, 3.8) is 0 Å². The van der Waals surface area contributed by atoms with Crippen molar-refractivity contribution in [1.29, 1.82) is 0 Å². The smallest absolute Gasteiger partial charge is 0.0276 e. The lowest BCUT2D eigenvalue weighted by Crippen LogP contribution is -1.89. The van der Waals surface area contributed by atoms with Gasteiger partial charge in [0.05, 0.1) is 0 Å². The van der Waals surface area contributed by atoms with E-state index in [9.17, 15) is 0 Å². The molecule has 0 amide bonds. The van der Waals surface area contributed by atoms with Gasteiger partial charge in [-0.15, -0.1) is 0 Å². The van der Waals surface area contributed by atoms with Gasteiger partial charge in [-0.05, 0) is 43.2 Å². The highest BCUT2D eigenvalue weighted by Gasteiger charge is 1.96. The van der Waals surface area contributed by atoms with Crippen molar-refractivity contribution in [2.75, 3.05) is 0 Å². The predicted octanol–water partition coefficient (Wildman–Crippen LogP) is 5.90. The summed E-state index contributed by atoms with van der Waals surface area (Å²) in [5.41, 5.74) is 2.93. The molecular formula is C19H29. The minimum atomic E-state index is 1.01. The van der Waals surface area contributed by atoms with Crippen LogP contribution < -0.4 is 0 Å². The summed E-state index contributed by atoms with van der Waals surface area (Å²) in [6.07, 6.45) is 14.6. The van der Waals surface area contributed by atoms with Crippen molar-refractivity contribution in [3.8, 4) is 0 Å². The Morgan fingerprint density at radius 1 is 0.789 bits per heavy atom. The highest BCUT2D eigenvalue weighted by molar-refractivity contribution is 5.22. The van der Waals surface area contributed by atoms with Gasteiger partial charge >= 0.3 is 0 Å². The van der Waals surface area contributed by atoms with Gasteiger partial charge in [0.15, 0.2) is 0 Å². The fourth-order valence-corrected chi connectivity index (χ4v) is 2.41. The number of benzene rings is 1. The molecule has 1 radical (unpaired) electrons. The van der Waals surface area contributed by atoms with Gasteiger partial charge in [-0.2, -0.15) is 0 Å². The first-order valence-electron chi connectivity index (χ1n) is 7.98. The van der Waals surface area contributed by atoms with Crippen LogP contribution in [0.15, 0.2) is 30.3 Å². The third-order valence-corrected chi connectivity index (χ3v) is 3.68. The number of rotatable bonds is 11. The number of hydrogen-bond donors (Lipinski definition) is 0. The summed E-state index contributed by atoms with van der Waals surface area (Å²) in [4.78, 5) is 0. The molecule has 0 aromatic heterocycles. The number of hydrogen-bond acceptors (Lipinski definition) is 0. The van der Waals surface area contributed by atoms with Gasteiger partial charge in [-0.1, -0.05) is 75.9 Å². The molecule has 105 valence electrons. The third kappa shape index (κ3) is 7.87. The van der Waals surface area contributed by atoms with E-state index in [1.165, 1.54) is 56.1 Å². The van der Waals surface area contributed by atoms with Crippen molar-refractivity contribution in [2.45, 2.75) is 71.1 Å². The van der Waals surface area contributed by atoms with E-state index in [1.807, 2.05) is 0 Å². The van der Waals surface area contributed by atoms with Crippen LogP contribution in [0, 0.1) is 6.58 Å². The minimum absolute atomic E-state index is 1.01. The van der Waals surface area contributed by atoms with Crippen molar-refractivity contribution in [1.82, 2.24) is 0 Å². The molecule has 0 heterocycles. The first-order chi connectivity index (χ1) is 9.36. The number of allylic oxidation sites excluding steroid dienone is 1. The molecular weight excluding hydrogens is 228 g/mol. The molecule has 0 nitrogen and oxygen atoms in total. The Labute approximate surface area is 119 Å². The van der Waals surface area contributed by atoms with Crippen LogP contribution in [0.2, 0.25) is 0 Å². The standard InChI is InChI=1S/C19H29/c1-3-5-7-8-9-11-13-19-16-14-18(15-17-19)12-10-6-4-2/h2,4,14-17H,3,5-13H2,1H3. The van der Waals surface area contributed by atoms with Crippen molar-refractivity contribution in [3.05, 3.63) is 48.0 Å². The monoisotopic (exact) mass is 257 g/mol. The summed E-state index contributed by atoms with van der Waals surface area (Å²) in [6.45, 7) is 7.66. The number of aryl methyl sites for hydroxylation is 2. The first-order valence-corrected chi connectivity index (χ1v) is 7.98. The molecule has 1 aromatic carbocycles. The van der Waals surface area contributed by atoms with Crippen molar-refractivity contribution in [2.24, 2.45) is 0 Å². The van der Waals surface area contributed by atoms with Gasteiger partial charge in [0.1, 0.15) is 0 Å². The zero-order chi connectivity index (χ0) is 13.8. The summed E-state index contributed by atoms with van der Waals surface area (Å²) in [5.74, 6) is 0. The van der Waals surface area contributed by atoms with Crippen LogP contribution in [0.3, 0.4) is 0 Å². The Morgan fingerprint density at radius 2 is 1.32 bits per heavy atom. The lowest BCUT2D eigenvalue weighted by Gasteiger charge is -2.04. The topological polar surface area (TPSA) is 0 Å². The SMILES string of the molecule is [CH]=CCCCc1ccc(CCCCCCCC)cc1. The van der Waals surface area contributed by atoms with Gasteiger partial charge in [0.25, 0.3) is 0 Å². The quantitative estimate of drug-likeness (QED) is 0.433. The van der Waals surface area contributed by atoms with Gasteiger partial charge in [-0.25, -0.2) is 0 Å². The maximum Gasteiger partial charge on any atom is -0.0276 e. The predicted molar refractivity (Wildman–Crippen MR) is 85.3 cm³/mol. The van der Waals surface area contributed by atoms with Crippen LogP contribution >= 0.6 is 0 Å². The van der Waals surface area contributed by atoms with E-state index in [1.54, 1.807) is 6.08 Å². The van der Waals surface area contributed by atoms with Crippen LogP contribution in [-0.4, -0.2) is 0 Å². The largest absolute Gasteiger partial charge is 0.0845 e. The highest BCUT2D eigenvalue weighted by Crippen LogP contribution is 2.12. The van der Waals surface area contributed by atoms with Crippen LogP contribution in [0.5, 0.6) is 0 Å². The molecule has 0 heteroatoms. The second-order valence-corrected chi connectivity index (χ2v) is 5.46. The maximum atomic E-state index is 5.39. The third-order valence-electron chi connectivity index (χ3n) is 3.68. The first kappa shape index (κ1) is 16.0. The maximum absolute atomic E-state index is 5.39. The lowest BCUT2D eigenvalue weighted by molar-refractivity contribution is 0.607. The summed E-state index contributed by atoms with van der Waals surface area (Å²) < 4.78 is 0. The fraction of sp³-hybridized carbons (Fsp3) is 0.579. The van der Waals surface area contributed by atoms with E-state index in [2.05, 4.69) is 31.2 Å². The van der Waals surface area contributed by atoms with E-state index in [4.69, 9.17) is 6.58 Å². The molecule has 0 saturated carbocycles. The zero-order valence-corrected chi connectivity index (χ0v) is 12.5. The fourth-order valence-electron chi connectivity index (χ4n) is 2.41. The van der Waals surface area contributed by atoms with Crippen molar-refractivity contribution >= 4 is 0 Å². The minimum Gasteiger partial charge on any atom is -0.0845 e. The van der Waals surface area contributed by atoms with Crippen LogP contribution in [-0.2, 0) is 12.8 Å². The molecule has 0 aliphatic rings. The van der Waals surface area contributed by atoms with E-state index < -0.39 is 0 Å². The second-order valence-electron chi connectivity index (χ2n) is 5.46. The number of unbranched alkanes of at least 4 members (excludes halogenated alkanes) is 6. The molecule has 0 unspecified atom stereocenters. The Hall–Kier alpha value is -1.04. The molecule has 0 spiro atoms. The van der Waals surface area contributed by atoms with Crippen LogP contribution in [0.25, 0.3) is 0 Å². The Morgan fingerprint density at radius 3 is 1.89 bits per heavy atom. The molecule has 0 saturated heterocycles. The Balaban J connectivity index is 2.15. The molecule has 1 aromatic rings. The molecule has 0 fully saturated rings. The second kappa shape index (κ2) is 10.8. The summed E-state index contributed by atoms with van der Waals surface area (Å²) in [6, 6.07) is 9.16. The average molecular weight is 257 g/mol. The van der Waals surface area contributed by atoms with Crippen LogP contribution in [0.4, 0.5) is 0 Å². The molecule has 0 bridgehead atoms. The molecule has 0 N–H and O–H groups in total. The molecule has 1 rings (SSSR count). The molecule has 0 aliphatic carbocycles. The Kier molecular flexibility index (Phi) is 9.14. The molecule has 0 aliphatic heterocycles. The lowest BCUT2D eigenvalue weighted by atomic mass is 10.0. The van der Waals surface area contributed by atoms with E-state index in [0.29, 0.717) is 0 Å². The normalized spacial score (nSPS) is 10.6. The average Bonchev–Trinajstić information content (AvgIpc) is 2.44. The summed E-state index contributed by atoms with van der Waals surface area (Å²) in [5, 5.41) is 0. The Bertz CT molecular complexity index is 320. The molecule has 0 atom stereocenters. The molecule has 19 heavy (non-hydrogen) atoms. The zero-order valence-electron chi connectivity index (χ0n) is 12.5. The van der Waals surface area contributed by atoms with Gasteiger partial charge < -0.3 is 0 Å². The van der Waals surface area contributed by atoms with E-state index >= 15 is 0 Å². The van der Waals surface area contributed by atoms with Crippen LogP contribution in [0.1, 0.15) is 69.4 Å².